The zero-order chi connectivity index (χ0) is 14.8. The maximum absolute atomic E-state index is 10.4. The molecule has 2 fully saturated rings. The minimum Gasteiger partial charge on any atom is -0.390 e. The normalized spacial score (nSPS) is 39.1. The summed E-state index contributed by atoms with van der Waals surface area (Å²) >= 11 is 0. The summed E-state index contributed by atoms with van der Waals surface area (Å²) < 4.78 is 17.2. The lowest BCUT2D eigenvalue weighted by atomic mass is 9.93. The molecule has 112 valence electrons. The summed E-state index contributed by atoms with van der Waals surface area (Å²) in [5.74, 6) is 0. The first-order valence-corrected chi connectivity index (χ1v) is 6.90. The lowest BCUT2D eigenvalue weighted by Gasteiger charge is -2.46. The van der Waals surface area contributed by atoms with Crippen molar-refractivity contribution in [2.45, 2.75) is 43.7 Å². The van der Waals surface area contributed by atoms with Crippen LogP contribution in [0.4, 0.5) is 0 Å². The molecule has 0 aromatic heterocycles. The minimum absolute atomic E-state index is 0.328. The number of hydrogen-bond donors (Lipinski definition) is 1. The number of azide groups is 1. The third kappa shape index (κ3) is 2.74. The second-order valence-electron chi connectivity index (χ2n) is 5.24. The first-order chi connectivity index (χ1) is 10.2. The van der Waals surface area contributed by atoms with Gasteiger partial charge in [-0.15, -0.1) is 0 Å². The van der Waals surface area contributed by atoms with E-state index in [1.807, 2.05) is 30.3 Å². The van der Waals surface area contributed by atoms with E-state index in [0.29, 0.717) is 6.61 Å². The van der Waals surface area contributed by atoms with Gasteiger partial charge in [-0.05, 0) is 12.5 Å². The Morgan fingerprint density at radius 2 is 2.05 bits per heavy atom. The zero-order valence-corrected chi connectivity index (χ0v) is 11.6. The lowest BCUT2D eigenvalue weighted by Crippen LogP contribution is -2.60. The van der Waals surface area contributed by atoms with Crippen LogP contribution in [0.15, 0.2) is 35.4 Å². The van der Waals surface area contributed by atoms with Gasteiger partial charge in [0.25, 0.3) is 0 Å². The molecule has 6 atom stereocenters. The molecule has 2 aliphatic heterocycles. The molecule has 0 bridgehead atoms. The highest BCUT2D eigenvalue weighted by Gasteiger charge is 2.47. The molecule has 1 aromatic rings. The number of ether oxygens (including phenoxy) is 3. The molecule has 7 nitrogen and oxygen atoms in total. The SMILES string of the molecule is CC1OC2COC(c3ccccc3)O[C@H]2[C@H](O)C1N=[N+]=[N-]. The van der Waals surface area contributed by atoms with E-state index in [4.69, 9.17) is 19.7 Å². The standard InChI is InChI=1S/C14H17N3O4/c1-8-11(16-17-15)12(18)13-10(20-8)7-19-14(21-13)9-5-3-2-4-6-9/h2-6,8,10-14,18H,7H2,1H3/t8?,10?,11?,12-,13-,14?/m1/s1. The van der Waals surface area contributed by atoms with Crippen LogP contribution < -0.4 is 0 Å². The Bertz CT molecular complexity index is 534. The number of aliphatic hydroxyl groups excluding tert-OH is 1. The van der Waals surface area contributed by atoms with Crippen molar-refractivity contribution in [3.05, 3.63) is 46.3 Å². The average Bonchev–Trinajstić information content (AvgIpc) is 2.52. The molecule has 0 spiro atoms. The van der Waals surface area contributed by atoms with Crippen LogP contribution in [0.5, 0.6) is 0 Å². The number of hydrogen-bond acceptors (Lipinski definition) is 5. The van der Waals surface area contributed by atoms with Gasteiger partial charge in [-0.25, -0.2) is 0 Å². The molecule has 0 aliphatic carbocycles. The Morgan fingerprint density at radius 3 is 2.76 bits per heavy atom. The van der Waals surface area contributed by atoms with Crippen LogP contribution in [0.3, 0.4) is 0 Å². The topological polar surface area (TPSA) is 96.7 Å². The highest BCUT2D eigenvalue weighted by molar-refractivity contribution is 5.16. The van der Waals surface area contributed by atoms with Crippen molar-refractivity contribution in [2.75, 3.05) is 6.61 Å². The molecule has 2 saturated heterocycles. The highest BCUT2D eigenvalue weighted by Crippen LogP contribution is 2.34. The molecular formula is C14H17N3O4. The summed E-state index contributed by atoms with van der Waals surface area (Å²) in [5, 5.41) is 14.0. The molecule has 4 unspecified atom stereocenters. The first kappa shape index (κ1) is 14.3. The van der Waals surface area contributed by atoms with Gasteiger partial charge in [-0.3, -0.25) is 0 Å². The van der Waals surface area contributed by atoms with E-state index in [1.165, 1.54) is 0 Å². The van der Waals surface area contributed by atoms with Gasteiger partial charge in [0, 0.05) is 10.5 Å². The van der Waals surface area contributed by atoms with Gasteiger partial charge in [0.05, 0.1) is 24.9 Å². The van der Waals surface area contributed by atoms with Crippen molar-refractivity contribution in [3.8, 4) is 0 Å². The summed E-state index contributed by atoms with van der Waals surface area (Å²) in [6.45, 7) is 2.09. The first-order valence-electron chi connectivity index (χ1n) is 6.90. The molecular weight excluding hydrogens is 274 g/mol. The Kier molecular flexibility index (Phi) is 4.10. The van der Waals surface area contributed by atoms with E-state index < -0.39 is 24.5 Å². The fraction of sp³-hybridized carbons (Fsp3) is 0.571. The van der Waals surface area contributed by atoms with E-state index >= 15 is 0 Å². The van der Waals surface area contributed by atoms with E-state index in [2.05, 4.69) is 10.0 Å². The molecule has 0 saturated carbocycles. The lowest BCUT2D eigenvalue weighted by molar-refractivity contribution is -0.311. The zero-order valence-electron chi connectivity index (χ0n) is 11.6. The van der Waals surface area contributed by atoms with Gasteiger partial charge in [-0.2, -0.15) is 0 Å². The fourth-order valence-corrected chi connectivity index (χ4v) is 2.80. The van der Waals surface area contributed by atoms with Gasteiger partial charge in [0.2, 0.25) is 0 Å². The maximum Gasteiger partial charge on any atom is 0.184 e. The van der Waals surface area contributed by atoms with Gasteiger partial charge in [0.15, 0.2) is 6.29 Å². The number of fused-ring (bicyclic) bond motifs is 1. The fourth-order valence-electron chi connectivity index (χ4n) is 2.80. The summed E-state index contributed by atoms with van der Waals surface area (Å²) in [4.78, 5) is 2.77. The average molecular weight is 291 g/mol. The van der Waals surface area contributed by atoms with E-state index in [1.54, 1.807) is 6.92 Å². The third-order valence-electron chi connectivity index (χ3n) is 3.87. The van der Waals surface area contributed by atoms with Crippen LogP contribution in [-0.2, 0) is 14.2 Å². The van der Waals surface area contributed by atoms with E-state index in [9.17, 15) is 5.11 Å². The van der Waals surface area contributed by atoms with E-state index in [-0.39, 0.29) is 12.2 Å². The number of benzene rings is 1. The molecule has 21 heavy (non-hydrogen) atoms. The molecule has 3 rings (SSSR count). The van der Waals surface area contributed by atoms with Crippen LogP contribution >= 0.6 is 0 Å². The van der Waals surface area contributed by atoms with Crippen molar-refractivity contribution in [1.29, 1.82) is 0 Å². The van der Waals surface area contributed by atoms with Crippen LogP contribution in [0, 0.1) is 0 Å². The third-order valence-corrected chi connectivity index (χ3v) is 3.87. The molecule has 7 heteroatoms. The molecule has 0 radical (unpaired) electrons. The predicted octanol–water partition coefficient (Wildman–Crippen LogP) is 1.93. The molecule has 2 aliphatic rings. The van der Waals surface area contributed by atoms with Crippen LogP contribution in [-0.4, -0.2) is 42.2 Å². The quantitative estimate of drug-likeness (QED) is 0.511. The summed E-state index contributed by atoms with van der Waals surface area (Å²) in [5.41, 5.74) is 9.48. The van der Waals surface area contributed by atoms with Crippen LogP contribution in [0.25, 0.3) is 10.4 Å². The van der Waals surface area contributed by atoms with Crippen LogP contribution in [0.1, 0.15) is 18.8 Å². The van der Waals surface area contributed by atoms with Crippen molar-refractivity contribution in [3.63, 3.8) is 0 Å². The Labute approximate surface area is 122 Å². The highest BCUT2D eigenvalue weighted by atomic mass is 16.7. The van der Waals surface area contributed by atoms with Crippen molar-refractivity contribution in [1.82, 2.24) is 0 Å². The number of aliphatic hydroxyl groups is 1. The second-order valence-corrected chi connectivity index (χ2v) is 5.24. The van der Waals surface area contributed by atoms with Gasteiger partial charge in [-0.1, -0.05) is 35.4 Å². The van der Waals surface area contributed by atoms with Crippen molar-refractivity contribution in [2.24, 2.45) is 5.11 Å². The Hall–Kier alpha value is -1.63. The monoisotopic (exact) mass is 291 g/mol. The predicted molar refractivity (Wildman–Crippen MR) is 73.3 cm³/mol. The van der Waals surface area contributed by atoms with Gasteiger partial charge < -0.3 is 19.3 Å². The maximum atomic E-state index is 10.4. The largest absolute Gasteiger partial charge is 0.390 e. The summed E-state index contributed by atoms with van der Waals surface area (Å²) in [6, 6.07) is 8.83. The van der Waals surface area contributed by atoms with Crippen molar-refractivity contribution < 1.29 is 19.3 Å². The number of rotatable bonds is 2. The second kappa shape index (κ2) is 6.01. The summed E-state index contributed by atoms with van der Waals surface area (Å²) in [6.07, 6.45) is -2.77. The Morgan fingerprint density at radius 1 is 1.29 bits per heavy atom. The van der Waals surface area contributed by atoms with Crippen molar-refractivity contribution >= 4 is 0 Å². The van der Waals surface area contributed by atoms with Gasteiger partial charge >= 0.3 is 0 Å². The smallest absolute Gasteiger partial charge is 0.184 e. The molecule has 1 aromatic carbocycles. The molecule has 2 heterocycles. The number of nitrogens with zero attached hydrogens (tertiary/aromatic N) is 3. The molecule has 0 amide bonds. The van der Waals surface area contributed by atoms with Crippen LogP contribution in [0.2, 0.25) is 0 Å². The summed E-state index contributed by atoms with van der Waals surface area (Å²) in [7, 11) is 0. The Balaban J connectivity index is 1.78. The molecule has 1 N–H and O–H groups in total. The van der Waals surface area contributed by atoms with E-state index in [0.717, 1.165) is 5.56 Å². The van der Waals surface area contributed by atoms with Gasteiger partial charge in [0.1, 0.15) is 12.2 Å². The minimum atomic E-state index is -0.912.